The molecule has 2 heterocycles. The number of aryl methyl sites for hydroxylation is 2. The summed E-state index contributed by atoms with van der Waals surface area (Å²) in [6, 6.07) is 7.47. The summed E-state index contributed by atoms with van der Waals surface area (Å²) in [6.07, 6.45) is 1.61. The van der Waals surface area contributed by atoms with Crippen molar-refractivity contribution in [1.29, 1.82) is 0 Å². The number of piperazine rings is 1. The number of anilines is 1. The summed E-state index contributed by atoms with van der Waals surface area (Å²) in [7, 11) is -1.39. The Hall–Kier alpha value is -2.29. The second-order valence-corrected chi connectivity index (χ2v) is 12.1. The Kier molecular flexibility index (Phi) is 7.12. The smallest absolute Gasteiger partial charge is 0.206 e. The van der Waals surface area contributed by atoms with Crippen LogP contribution < -0.4 is 10.2 Å². The molecule has 0 aliphatic carbocycles. The lowest BCUT2D eigenvalue weighted by atomic mass is 10.1. The van der Waals surface area contributed by atoms with E-state index in [2.05, 4.69) is 19.2 Å². The molecule has 182 valence electrons. The summed E-state index contributed by atoms with van der Waals surface area (Å²) in [5.41, 5.74) is 4.59. The number of halogens is 2. The molecule has 0 radical (unpaired) electrons. The number of aromatic nitrogens is 2. The molecule has 34 heavy (non-hydrogen) atoms. The monoisotopic (exact) mass is 503 g/mol. The maximum Gasteiger partial charge on any atom is 0.206 e. The van der Waals surface area contributed by atoms with Crippen molar-refractivity contribution in [2.24, 2.45) is 4.40 Å². The number of benzene rings is 2. The van der Waals surface area contributed by atoms with E-state index in [0.717, 1.165) is 54.3 Å². The van der Waals surface area contributed by atoms with Crippen molar-refractivity contribution in [1.82, 2.24) is 14.9 Å². The third kappa shape index (κ3) is 5.19. The number of fused-ring (bicyclic) bond motifs is 1. The molecule has 9 heteroatoms. The highest BCUT2D eigenvalue weighted by Crippen LogP contribution is 2.30. The number of imidazole rings is 1. The fourth-order valence-electron chi connectivity index (χ4n) is 4.13. The standard InChI is InChI=1S/C25H31ClFN5OS/c1-16-10-18(11-17(2)22(16)27)15-32-21-13-20(26)12-19(14-29-34(33)25(3,4)5)23(21)30-24(32)31-8-6-28-7-9-31/h10-14,28H,6-9,15H2,1-5H3. The van der Waals surface area contributed by atoms with E-state index in [-0.39, 0.29) is 5.82 Å². The Balaban J connectivity index is 1.86. The number of nitrogens with one attached hydrogen (secondary N) is 1. The van der Waals surface area contributed by atoms with Gasteiger partial charge in [-0.2, -0.15) is 4.40 Å². The minimum Gasteiger partial charge on any atom is -0.340 e. The van der Waals surface area contributed by atoms with Crippen molar-refractivity contribution in [3.05, 3.63) is 57.4 Å². The highest BCUT2D eigenvalue weighted by Gasteiger charge is 2.22. The first kappa shape index (κ1) is 24.8. The van der Waals surface area contributed by atoms with Crippen molar-refractivity contribution in [3.63, 3.8) is 0 Å². The van der Waals surface area contributed by atoms with Crippen LogP contribution in [0.4, 0.5) is 10.3 Å². The molecule has 1 unspecified atom stereocenters. The summed E-state index contributed by atoms with van der Waals surface area (Å²) in [5, 5.41) is 3.93. The lowest BCUT2D eigenvalue weighted by Gasteiger charge is -2.29. The predicted molar refractivity (Wildman–Crippen MR) is 140 cm³/mol. The van der Waals surface area contributed by atoms with Crippen LogP contribution >= 0.6 is 11.6 Å². The van der Waals surface area contributed by atoms with E-state index in [4.69, 9.17) is 16.6 Å². The van der Waals surface area contributed by atoms with Gasteiger partial charge in [0, 0.05) is 43.0 Å². The van der Waals surface area contributed by atoms with Gasteiger partial charge >= 0.3 is 0 Å². The zero-order chi connectivity index (χ0) is 24.6. The molecule has 0 saturated carbocycles. The molecule has 1 N–H and O–H groups in total. The Morgan fingerprint density at radius 1 is 1.18 bits per heavy atom. The van der Waals surface area contributed by atoms with Gasteiger partial charge < -0.3 is 14.8 Å². The second kappa shape index (κ2) is 9.76. The molecule has 0 amide bonds. The van der Waals surface area contributed by atoms with Gasteiger partial charge in [-0.1, -0.05) is 23.7 Å². The van der Waals surface area contributed by atoms with Gasteiger partial charge in [0.1, 0.15) is 16.8 Å². The van der Waals surface area contributed by atoms with Crippen LogP contribution in [0.25, 0.3) is 11.0 Å². The van der Waals surface area contributed by atoms with Crippen LogP contribution in [0.5, 0.6) is 0 Å². The van der Waals surface area contributed by atoms with Gasteiger partial charge in [-0.3, -0.25) is 0 Å². The molecule has 3 aromatic rings. The molecular weight excluding hydrogens is 473 g/mol. The average Bonchev–Trinajstić information content (AvgIpc) is 3.13. The molecule has 1 fully saturated rings. The molecule has 6 nitrogen and oxygen atoms in total. The summed E-state index contributed by atoms with van der Waals surface area (Å²) in [4.78, 5) is 7.27. The van der Waals surface area contributed by atoms with Gasteiger partial charge in [0.15, 0.2) is 0 Å². The first-order valence-corrected chi connectivity index (χ1v) is 12.9. The van der Waals surface area contributed by atoms with Gasteiger partial charge in [0.05, 0.1) is 22.3 Å². The molecule has 4 rings (SSSR count). The van der Waals surface area contributed by atoms with Crippen molar-refractivity contribution in [3.8, 4) is 0 Å². The normalized spacial score (nSPS) is 16.0. The Morgan fingerprint density at radius 3 is 2.44 bits per heavy atom. The number of hydrogen-bond donors (Lipinski definition) is 1. The fourth-order valence-corrected chi connectivity index (χ4v) is 4.88. The Labute approximate surface area is 207 Å². The Bertz CT molecular complexity index is 1250. The van der Waals surface area contributed by atoms with Crippen molar-refractivity contribution >= 4 is 45.8 Å². The lowest BCUT2D eigenvalue weighted by Crippen LogP contribution is -2.44. The lowest BCUT2D eigenvalue weighted by molar-refractivity contribution is 0.571. The maximum atomic E-state index is 14.3. The number of rotatable bonds is 5. The van der Waals surface area contributed by atoms with Gasteiger partial charge in [-0.25, -0.2) is 13.6 Å². The zero-order valence-electron chi connectivity index (χ0n) is 20.3. The predicted octanol–water partition coefficient (Wildman–Crippen LogP) is 4.78. The fraction of sp³-hybridized carbons (Fsp3) is 0.440. The SMILES string of the molecule is Cc1cc(Cn2c(N3CCNCC3)nc3c(C=NS(=O)C(C)(C)C)cc(Cl)cc32)cc(C)c1F. The highest BCUT2D eigenvalue weighted by molar-refractivity contribution is 7.85. The molecule has 1 saturated heterocycles. The third-order valence-electron chi connectivity index (χ3n) is 5.88. The van der Waals surface area contributed by atoms with Crippen LogP contribution in [0, 0.1) is 19.7 Å². The second-order valence-electron chi connectivity index (χ2n) is 9.74. The minimum atomic E-state index is -1.39. The summed E-state index contributed by atoms with van der Waals surface area (Å²) in [5.74, 6) is 0.667. The first-order chi connectivity index (χ1) is 16.0. The van der Waals surface area contributed by atoms with Crippen LogP contribution in [-0.4, -0.2) is 50.9 Å². The van der Waals surface area contributed by atoms with E-state index in [9.17, 15) is 8.60 Å². The summed E-state index contributed by atoms with van der Waals surface area (Å²) >= 11 is 6.52. The van der Waals surface area contributed by atoms with E-state index in [1.807, 2.05) is 39.0 Å². The van der Waals surface area contributed by atoms with E-state index in [0.29, 0.717) is 22.7 Å². The van der Waals surface area contributed by atoms with Crippen LogP contribution in [0.2, 0.25) is 5.02 Å². The average molecular weight is 504 g/mol. The molecule has 0 bridgehead atoms. The van der Waals surface area contributed by atoms with Crippen LogP contribution in [-0.2, 0) is 17.5 Å². The molecule has 0 spiro atoms. The van der Waals surface area contributed by atoms with Crippen molar-refractivity contribution in [2.45, 2.75) is 45.9 Å². The maximum absolute atomic E-state index is 14.3. The summed E-state index contributed by atoms with van der Waals surface area (Å²) in [6.45, 7) is 13.2. The molecule has 2 aromatic carbocycles. The van der Waals surface area contributed by atoms with E-state index < -0.39 is 15.7 Å². The highest BCUT2D eigenvalue weighted by atomic mass is 35.5. The minimum absolute atomic E-state index is 0.171. The zero-order valence-corrected chi connectivity index (χ0v) is 21.9. The van der Waals surface area contributed by atoms with Crippen LogP contribution in [0.15, 0.2) is 28.7 Å². The topological polar surface area (TPSA) is 62.5 Å². The van der Waals surface area contributed by atoms with E-state index in [1.165, 1.54) is 0 Å². The number of nitrogens with zero attached hydrogens (tertiary/aromatic N) is 4. The van der Waals surface area contributed by atoms with Crippen molar-refractivity contribution in [2.75, 3.05) is 31.1 Å². The van der Waals surface area contributed by atoms with E-state index in [1.54, 1.807) is 26.1 Å². The van der Waals surface area contributed by atoms with Crippen LogP contribution in [0.3, 0.4) is 0 Å². The number of hydrogen-bond acceptors (Lipinski definition) is 4. The molecular formula is C25H31ClFN5OS. The van der Waals surface area contributed by atoms with E-state index >= 15 is 0 Å². The van der Waals surface area contributed by atoms with Crippen LogP contribution in [0.1, 0.15) is 43.0 Å². The van der Waals surface area contributed by atoms with Gasteiger partial charge in [0.2, 0.25) is 5.95 Å². The first-order valence-electron chi connectivity index (χ1n) is 11.4. The van der Waals surface area contributed by atoms with Crippen molar-refractivity contribution < 1.29 is 8.60 Å². The quantitative estimate of drug-likeness (QED) is 0.509. The van der Waals surface area contributed by atoms with Gasteiger partial charge in [0.25, 0.3) is 0 Å². The molecule has 1 aliphatic heterocycles. The molecule has 1 atom stereocenters. The Morgan fingerprint density at radius 2 is 1.82 bits per heavy atom. The largest absolute Gasteiger partial charge is 0.340 e. The van der Waals surface area contributed by atoms with Gasteiger partial charge in [-0.05, 0) is 63.4 Å². The third-order valence-corrected chi connectivity index (χ3v) is 7.44. The summed E-state index contributed by atoms with van der Waals surface area (Å²) < 4.78 is 32.8. The molecule has 1 aliphatic rings. The van der Waals surface area contributed by atoms with Gasteiger partial charge in [-0.15, -0.1) is 0 Å². The molecule has 1 aromatic heterocycles.